The molecule has 0 spiro atoms. The number of carbonyl (C=O) groups is 4. The fourth-order valence-corrected chi connectivity index (χ4v) is 7.56. The molecule has 6 N–H and O–H groups in total. The number of hydrogen-bond donors (Lipinski definition) is 6. The molecule has 1 heterocycles. The highest BCUT2D eigenvalue weighted by Crippen LogP contribution is 2.52. The summed E-state index contributed by atoms with van der Waals surface area (Å²) < 4.78 is 17.5. The van der Waals surface area contributed by atoms with Crippen molar-refractivity contribution in [3.63, 3.8) is 0 Å². The third-order valence-corrected chi connectivity index (χ3v) is 10.4. The molecule has 2 aromatic carbocycles. The third-order valence-electron chi connectivity index (χ3n) is 10.4. The van der Waals surface area contributed by atoms with Crippen LogP contribution in [0.5, 0.6) is 17.2 Å². The van der Waals surface area contributed by atoms with Gasteiger partial charge in [-0.2, -0.15) is 0 Å². The molecule has 0 saturated carbocycles. The van der Waals surface area contributed by atoms with Gasteiger partial charge in [0.1, 0.15) is 35.6 Å². The third kappa shape index (κ3) is 7.68. The van der Waals surface area contributed by atoms with Crippen molar-refractivity contribution in [2.24, 2.45) is 0 Å². The number of aromatic hydroxyl groups is 2. The molecule has 278 valence electrons. The SMILES string of the molecule is CCCCCCCCCCC(=O)N[C@H]1C[C@H](O[C@H]2C[C@](O)(C(=O)CO)Cc3c(O)c4c(c(O)c32)C(=O)c2c(OC)cccc2C4=O)O[C@@H](C)[C@H]1O. The monoisotopic (exact) mass is 711 g/mol. The Bertz CT molecular complexity index is 1660. The molecular weight excluding hydrogens is 662 g/mol. The summed E-state index contributed by atoms with van der Waals surface area (Å²) in [7, 11) is 1.32. The van der Waals surface area contributed by atoms with E-state index in [0.29, 0.717) is 6.42 Å². The summed E-state index contributed by atoms with van der Waals surface area (Å²) in [5, 5.41) is 58.3. The predicted molar refractivity (Wildman–Crippen MR) is 183 cm³/mol. The number of aliphatic hydroxyl groups is 3. The number of carbonyl (C=O) groups excluding carboxylic acids is 4. The van der Waals surface area contributed by atoms with Crippen LogP contribution in [-0.2, 0) is 25.5 Å². The van der Waals surface area contributed by atoms with Crippen molar-refractivity contribution in [3.8, 4) is 17.2 Å². The van der Waals surface area contributed by atoms with Gasteiger partial charge in [-0.25, -0.2) is 0 Å². The molecule has 6 atom stereocenters. The van der Waals surface area contributed by atoms with E-state index in [1.807, 2.05) is 0 Å². The van der Waals surface area contributed by atoms with E-state index in [-0.39, 0.29) is 46.8 Å². The zero-order valence-corrected chi connectivity index (χ0v) is 29.4. The Balaban J connectivity index is 1.40. The molecule has 1 amide bonds. The van der Waals surface area contributed by atoms with E-state index < -0.39 is 95.7 Å². The van der Waals surface area contributed by atoms with E-state index in [1.165, 1.54) is 51.0 Å². The standard InChI is InChI=1S/C38H49NO12/c1-4-5-6-7-8-9-10-11-15-27(42)39-23-16-28(50-20(2)33(23)43)51-25-18-38(48,26(41)19-40)17-22-30(25)37(47)32-31(35(22)45)34(44)21-13-12-14-24(49-3)29(21)36(32)46/h12-14,20,23,25,28,33,40,43,45,47-48H,4-11,15-19H2,1-3H3,(H,39,42)/t20-,23-,25-,28-,33+,38-/m0/s1. The molecule has 13 nitrogen and oxygen atoms in total. The van der Waals surface area contributed by atoms with Gasteiger partial charge in [-0.05, 0) is 19.4 Å². The van der Waals surface area contributed by atoms with Crippen LogP contribution in [-0.4, -0.2) is 92.6 Å². The lowest BCUT2D eigenvalue weighted by Crippen LogP contribution is -2.55. The Labute approximate surface area is 296 Å². The van der Waals surface area contributed by atoms with Crippen LogP contribution in [0.2, 0.25) is 0 Å². The quantitative estimate of drug-likeness (QED) is 0.0986. The van der Waals surface area contributed by atoms with Gasteiger partial charge in [0.25, 0.3) is 0 Å². The van der Waals surface area contributed by atoms with Gasteiger partial charge in [0.05, 0.1) is 42.0 Å². The predicted octanol–water partition coefficient (Wildman–Crippen LogP) is 3.69. The van der Waals surface area contributed by atoms with E-state index in [4.69, 9.17) is 14.2 Å². The lowest BCUT2D eigenvalue weighted by Gasteiger charge is -2.43. The smallest absolute Gasteiger partial charge is 0.220 e. The molecule has 1 aliphatic heterocycles. The molecule has 2 aromatic rings. The van der Waals surface area contributed by atoms with Crippen LogP contribution in [0.15, 0.2) is 18.2 Å². The lowest BCUT2D eigenvalue weighted by molar-refractivity contribution is -0.249. The number of benzene rings is 2. The summed E-state index contributed by atoms with van der Waals surface area (Å²) in [5.41, 5.74) is -3.79. The van der Waals surface area contributed by atoms with Crippen molar-refractivity contribution in [1.29, 1.82) is 0 Å². The lowest BCUT2D eigenvalue weighted by atomic mass is 9.72. The molecule has 3 aliphatic rings. The van der Waals surface area contributed by atoms with E-state index in [2.05, 4.69) is 12.2 Å². The number of rotatable bonds is 15. The molecule has 1 saturated heterocycles. The number of hydrogen-bond acceptors (Lipinski definition) is 12. The van der Waals surface area contributed by atoms with Crippen molar-refractivity contribution in [2.45, 2.75) is 127 Å². The van der Waals surface area contributed by atoms with Gasteiger partial charge in [0.15, 0.2) is 17.9 Å². The van der Waals surface area contributed by atoms with E-state index in [9.17, 15) is 44.7 Å². The van der Waals surface area contributed by atoms with Gasteiger partial charge in [-0.1, -0.05) is 64.0 Å². The zero-order valence-electron chi connectivity index (χ0n) is 29.4. The number of amides is 1. The second-order valence-electron chi connectivity index (χ2n) is 13.9. The minimum Gasteiger partial charge on any atom is -0.507 e. The fraction of sp³-hybridized carbons (Fsp3) is 0.579. The van der Waals surface area contributed by atoms with E-state index >= 15 is 0 Å². The Hall–Kier alpha value is -3.88. The van der Waals surface area contributed by atoms with Gasteiger partial charge >= 0.3 is 0 Å². The zero-order chi connectivity index (χ0) is 37.0. The molecule has 13 heteroatoms. The molecule has 0 bridgehead atoms. The second-order valence-corrected chi connectivity index (χ2v) is 13.9. The summed E-state index contributed by atoms with van der Waals surface area (Å²) in [6.07, 6.45) is 3.25. The summed E-state index contributed by atoms with van der Waals surface area (Å²) in [4.78, 5) is 53.4. The number of unbranched alkanes of at least 4 members (excludes halogenated alkanes) is 7. The number of Topliss-reactive ketones (excluding diaryl/α,β-unsaturated/α-hetero) is 1. The van der Waals surface area contributed by atoms with Gasteiger partial charge in [0, 0.05) is 42.4 Å². The first-order valence-corrected chi connectivity index (χ1v) is 17.9. The highest BCUT2D eigenvalue weighted by molar-refractivity contribution is 6.31. The van der Waals surface area contributed by atoms with Crippen LogP contribution in [0.3, 0.4) is 0 Å². The van der Waals surface area contributed by atoms with Crippen molar-refractivity contribution < 1.29 is 58.9 Å². The number of ether oxygens (including phenoxy) is 3. The minimum atomic E-state index is -2.29. The van der Waals surface area contributed by atoms with Gasteiger partial charge in [0.2, 0.25) is 11.7 Å². The highest BCUT2D eigenvalue weighted by atomic mass is 16.7. The first-order chi connectivity index (χ1) is 24.4. The number of phenols is 2. The van der Waals surface area contributed by atoms with Gasteiger partial charge < -0.3 is 45.1 Å². The first-order valence-electron chi connectivity index (χ1n) is 17.9. The first kappa shape index (κ1) is 38.4. The molecule has 5 rings (SSSR count). The van der Waals surface area contributed by atoms with E-state index in [0.717, 1.165) is 19.3 Å². The van der Waals surface area contributed by atoms with Crippen LogP contribution >= 0.6 is 0 Å². The van der Waals surface area contributed by atoms with Crippen molar-refractivity contribution in [3.05, 3.63) is 51.6 Å². The summed E-state index contributed by atoms with van der Waals surface area (Å²) in [6.45, 7) is 2.72. The maximum atomic E-state index is 13.9. The molecule has 51 heavy (non-hydrogen) atoms. The Morgan fingerprint density at radius 1 is 0.980 bits per heavy atom. The average molecular weight is 712 g/mol. The molecular formula is C38H49NO12. The molecule has 2 aliphatic carbocycles. The number of methoxy groups -OCH3 is 1. The number of nitrogens with one attached hydrogen (secondary N) is 1. The van der Waals surface area contributed by atoms with E-state index in [1.54, 1.807) is 6.92 Å². The Morgan fingerprint density at radius 2 is 1.65 bits per heavy atom. The normalized spacial score (nSPS) is 25.5. The summed E-state index contributed by atoms with van der Waals surface area (Å²) >= 11 is 0. The van der Waals surface area contributed by atoms with Gasteiger partial charge in [-0.15, -0.1) is 0 Å². The molecule has 0 radical (unpaired) electrons. The van der Waals surface area contributed by atoms with Crippen LogP contribution in [0.1, 0.15) is 134 Å². The summed E-state index contributed by atoms with van der Waals surface area (Å²) in [6, 6.07) is 3.59. The maximum Gasteiger partial charge on any atom is 0.220 e. The van der Waals surface area contributed by atoms with Crippen molar-refractivity contribution in [2.75, 3.05) is 13.7 Å². The number of aliphatic hydroxyl groups excluding tert-OH is 2. The molecule has 1 fully saturated rings. The molecule has 0 unspecified atom stereocenters. The molecule has 0 aromatic heterocycles. The maximum absolute atomic E-state index is 13.9. The van der Waals surface area contributed by atoms with Crippen molar-refractivity contribution >= 4 is 23.3 Å². The van der Waals surface area contributed by atoms with Crippen LogP contribution in [0.25, 0.3) is 0 Å². The average Bonchev–Trinajstić information content (AvgIpc) is 3.10. The summed E-state index contributed by atoms with van der Waals surface area (Å²) in [5.74, 6) is -4.12. The topological polar surface area (TPSA) is 209 Å². The van der Waals surface area contributed by atoms with Crippen LogP contribution in [0.4, 0.5) is 0 Å². The highest BCUT2D eigenvalue weighted by Gasteiger charge is 2.50. The fourth-order valence-electron chi connectivity index (χ4n) is 7.56. The van der Waals surface area contributed by atoms with Crippen LogP contribution < -0.4 is 10.1 Å². The van der Waals surface area contributed by atoms with Crippen LogP contribution in [0, 0.1) is 0 Å². The van der Waals surface area contributed by atoms with Gasteiger partial charge in [-0.3, -0.25) is 19.2 Å². The number of ketones is 3. The van der Waals surface area contributed by atoms with Crippen molar-refractivity contribution in [1.82, 2.24) is 5.32 Å². The largest absolute Gasteiger partial charge is 0.507 e. The minimum absolute atomic E-state index is 0.0490. The number of fused-ring (bicyclic) bond motifs is 3. The Kier molecular flexibility index (Phi) is 12.2. The number of phenolic OH excluding ortho intramolecular Hbond substituents is 2. The Morgan fingerprint density at radius 3 is 2.31 bits per heavy atom. The second kappa shape index (κ2) is 16.2.